The number of hydrogen-bond acceptors (Lipinski definition) is 4. The van der Waals surface area contributed by atoms with Crippen molar-refractivity contribution in [2.45, 2.75) is 19.4 Å². The number of carbonyl (C=O) groups is 2. The summed E-state index contributed by atoms with van der Waals surface area (Å²) in [5, 5.41) is 13.0. The van der Waals surface area contributed by atoms with Crippen molar-refractivity contribution in [2.24, 2.45) is 5.92 Å². The second-order valence-corrected chi connectivity index (χ2v) is 4.02. The molecule has 0 spiro atoms. The number of hydrogen-bond donors (Lipinski definition) is 2. The first kappa shape index (κ1) is 11.6. The molecule has 7 nitrogen and oxygen atoms in total. The highest BCUT2D eigenvalue weighted by Gasteiger charge is 2.27. The Morgan fingerprint density at radius 2 is 2.53 bits per heavy atom. The molecule has 2 rings (SSSR count). The van der Waals surface area contributed by atoms with E-state index in [0.29, 0.717) is 19.5 Å². The number of aromatic nitrogens is 3. The Labute approximate surface area is 98.6 Å². The molecule has 0 radical (unpaired) electrons. The zero-order valence-electron chi connectivity index (χ0n) is 9.43. The van der Waals surface area contributed by atoms with Gasteiger partial charge in [0.2, 0.25) is 11.8 Å². The summed E-state index contributed by atoms with van der Waals surface area (Å²) in [6.07, 6.45) is 4.49. The molecule has 92 valence electrons. The molecule has 0 bridgehead atoms. The van der Waals surface area contributed by atoms with E-state index in [1.807, 2.05) is 0 Å². The minimum atomic E-state index is -0.214. The van der Waals surface area contributed by atoms with Crippen LogP contribution in [0, 0.1) is 5.92 Å². The molecule has 1 atom stereocenters. The number of amides is 2. The first-order valence-electron chi connectivity index (χ1n) is 5.64. The third-order valence-corrected chi connectivity index (χ3v) is 2.68. The molecule has 2 amide bonds. The normalized spacial score (nSPS) is 19.1. The van der Waals surface area contributed by atoms with Crippen molar-refractivity contribution >= 4 is 11.8 Å². The molecule has 1 fully saturated rings. The monoisotopic (exact) mass is 237 g/mol. The van der Waals surface area contributed by atoms with Crippen molar-refractivity contribution in [1.82, 2.24) is 25.6 Å². The quantitative estimate of drug-likeness (QED) is 0.637. The van der Waals surface area contributed by atoms with Crippen molar-refractivity contribution in [1.29, 1.82) is 0 Å². The van der Waals surface area contributed by atoms with E-state index in [-0.39, 0.29) is 17.7 Å². The molecular formula is C10H15N5O2. The van der Waals surface area contributed by atoms with Crippen LogP contribution in [0.2, 0.25) is 0 Å². The molecule has 1 saturated heterocycles. The van der Waals surface area contributed by atoms with E-state index in [9.17, 15) is 9.59 Å². The van der Waals surface area contributed by atoms with E-state index < -0.39 is 0 Å². The van der Waals surface area contributed by atoms with Gasteiger partial charge in [0.25, 0.3) is 0 Å². The van der Waals surface area contributed by atoms with Crippen LogP contribution < -0.4 is 10.6 Å². The van der Waals surface area contributed by atoms with Gasteiger partial charge in [0.1, 0.15) is 0 Å². The standard InChI is InChI=1S/C10H15N5O2/c16-9-6-8(7-12-9)10(17)11-2-1-4-15-5-3-13-14-15/h3,5,8H,1-2,4,6-7H2,(H,11,17)(H,12,16). The number of rotatable bonds is 5. The van der Waals surface area contributed by atoms with Gasteiger partial charge in [0.15, 0.2) is 0 Å². The SMILES string of the molecule is O=C1CC(C(=O)NCCCn2ccnn2)CN1. The van der Waals surface area contributed by atoms with Gasteiger partial charge < -0.3 is 10.6 Å². The molecule has 7 heteroatoms. The lowest BCUT2D eigenvalue weighted by molar-refractivity contribution is -0.126. The maximum Gasteiger partial charge on any atom is 0.225 e. The highest BCUT2D eigenvalue weighted by Crippen LogP contribution is 2.08. The molecule has 2 N–H and O–H groups in total. The minimum Gasteiger partial charge on any atom is -0.356 e. The summed E-state index contributed by atoms with van der Waals surface area (Å²) in [6, 6.07) is 0. The van der Waals surface area contributed by atoms with Crippen molar-refractivity contribution in [3.8, 4) is 0 Å². The van der Waals surface area contributed by atoms with Crippen LogP contribution in [-0.2, 0) is 16.1 Å². The van der Waals surface area contributed by atoms with Crippen molar-refractivity contribution in [3.63, 3.8) is 0 Å². The van der Waals surface area contributed by atoms with Gasteiger partial charge in [-0.3, -0.25) is 14.3 Å². The van der Waals surface area contributed by atoms with Crippen molar-refractivity contribution in [3.05, 3.63) is 12.4 Å². The molecule has 0 aromatic carbocycles. The predicted octanol–water partition coefficient (Wildman–Crippen LogP) is -1.08. The Morgan fingerprint density at radius 1 is 1.65 bits per heavy atom. The van der Waals surface area contributed by atoms with Crippen molar-refractivity contribution in [2.75, 3.05) is 13.1 Å². The smallest absolute Gasteiger partial charge is 0.225 e. The Morgan fingerprint density at radius 3 is 3.18 bits per heavy atom. The number of aryl methyl sites for hydroxylation is 1. The molecule has 1 aromatic rings. The van der Waals surface area contributed by atoms with Crippen LogP contribution in [0.25, 0.3) is 0 Å². The predicted molar refractivity (Wildman–Crippen MR) is 58.8 cm³/mol. The molecular weight excluding hydrogens is 222 g/mol. The van der Waals surface area contributed by atoms with Crippen LogP contribution in [0.15, 0.2) is 12.4 Å². The fourth-order valence-electron chi connectivity index (χ4n) is 1.74. The largest absolute Gasteiger partial charge is 0.356 e. The molecule has 1 aliphatic rings. The van der Waals surface area contributed by atoms with Crippen LogP contribution in [-0.4, -0.2) is 39.9 Å². The maximum absolute atomic E-state index is 11.6. The van der Waals surface area contributed by atoms with E-state index in [1.54, 1.807) is 17.1 Å². The number of nitrogens with zero attached hydrogens (tertiary/aromatic N) is 3. The summed E-state index contributed by atoms with van der Waals surface area (Å²) in [6.45, 7) is 1.76. The molecule has 17 heavy (non-hydrogen) atoms. The van der Waals surface area contributed by atoms with Gasteiger partial charge in [-0.2, -0.15) is 0 Å². The summed E-state index contributed by atoms with van der Waals surface area (Å²) in [5.74, 6) is -0.316. The van der Waals surface area contributed by atoms with Gasteiger partial charge in [-0.25, -0.2) is 0 Å². The summed E-state index contributed by atoms with van der Waals surface area (Å²) in [5.41, 5.74) is 0. The van der Waals surface area contributed by atoms with Gasteiger partial charge in [-0.1, -0.05) is 5.21 Å². The average Bonchev–Trinajstić information content (AvgIpc) is 2.95. The summed E-state index contributed by atoms with van der Waals surface area (Å²) in [7, 11) is 0. The topological polar surface area (TPSA) is 88.9 Å². The Bertz CT molecular complexity index is 389. The van der Waals surface area contributed by atoms with E-state index in [4.69, 9.17) is 0 Å². The fraction of sp³-hybridized carbons (Fsp3) is 0.600. The third kappa shape index (κ3) is 3.27. The summed E-state index contributed by atoms with van der Waals surface area (Å²) >= 11 is 0. The van der Waals surface area contributed by atoms with Crippen molar-refractivity contribution < 1.29 is 9.59 Å². The third-order valence-electron chi connectivity index (χ3n) is 2.68. The van der Waals surface area contributed by atoms with Crippen LogP contribution >= 0.6 is 0 Å². The summed E-state index contributed by atoms with van der Waals surface area (Å²) < 4.78 is 1.72. The lowest BCUT2D eigenvalue weighted by Crippen LogP contribution is -2.32. The highest BCUT2D eigenvalue weighted by molar-refractivity contribution is 5.89. The highest BCUT2D eigenvalue weighted by atomic mass is 16.2. The zero-order chi connectivity index (χ0) is 12.1. The Balaban J connectivity index is 1.62. The number of nitrogens with one attached hydrogen (secondary N) is 2. The molecule has 0 saturated carbocycles. The first-order valence-corrected chi connectivity index (χ1v) is 5.64. The fourth-order valence-corrected chi connectivity index (χ4v) is 1.74. The molecule has 2 heterocycles. The molecule has 1 aromatic heterocycles. The van der Waals surface area contributed by atoms with Gasteiger partial charge >= 0.3 is 0 Å². The van der Waals surface area contributed by atoms with Gasteiger partial charge in [0.05, 0.1) is 12.1 Å². The summed E-state index contributed by atoms with van der Waals surface area (Å²) in [4.78, 5) is 22.5. The van der Waals surface area contributed by atoms with E-state index in [2.05, 4.69) is 20.9 Å². The van der Waals surface area contributed by atoms with Crippen LogP contribution in [0.3, 0.4) is 0 Å². The molecule has 1 unspecified atom stereocenters. The molecule has 0 aliphatic carbocycles. The second-order valence-electron chi connectivity index (χ2n) is 4.02. The van der Waals surface area contributed by atoms with E-state index in [1.165, 1.54) is 0 Å². The molecule has 1 aliphatic heterocycles. The van der Waals surface area contributed by atoms with Crippen LogP contribution in [0.4, 0.5) is 0 Å². The van der Waals surface area contributed by atoms with Crippen LogP contribution in [0.5, 0.6) is 0 Å². The maximum atomic E-state index is 11.6. The Hall–Kier alpha value is -1.92. The second kappa shape index (κ2) is 5.42. The average molecular weight is 237 g/mol. The van der Waals surface area contributed by atoms with Crippen LogP contribution in [0.1, 0.15) is 12.8 Å². The van der Waals surface area contributed by atoms with Gasteiger partial charge in [-0.05, 0) is 6.42 Å². The number of carbonyl (C=O) groups excluding carboxylic acids is 2. The van der Waals surface area contributed by atoms with Gasteiger partial charge in [-0.15, -0.1) is 5.10 Å². The van der Waals surface area contributed by atoms with Gasteiger partial charge in [0, 0.05) is 32.3 Å². The Kier molecular flexibility index (Phi) is 3.69. The first-order chi connectivity index (χ1) is 8.25. The van der Waals surface area contributed by atoms with E-state index in [0.717, 1.165) is 13.0 Å². The lowest BCUT2D eigenvalue weighted by Gasteiger charge is -2.08. The van der Waals surface area contributed by atoms with E-state index >= 15 is 0 Å². The lowest BCUT2D eigenvalue weighted by atomic mass is 10.1. The minimum absolute atomic E-state index is 0.0484. The zero-order valence-corrected chi connectivity index (χ0v) is 9.43.